The fourth-order valence-electron chi connectivity index (χ4n) is 2.16. The zero-order chi connectivity index (χ0) is 11.0. The zero-order valence-corrected chi connectivity index (χ0v) is 9.48. The topological polar surface area (TPSA) is 24.9 Å². The molecule has 0 radical (unpaired) electrons. The number of pyridine rings is 1. The summed E-state index contributed by atoms with van der Waals surface area (Å²) in [6.45, 7) is 3.22. The highest BCUT2D eigenvalue weighted by Gasteiger charge is 2.31. The predicted molar refractivity (Wildman–Crippen MR) is 66.2 cm³/mol. The van der Waals surface area contributed by atoms with E-state index in [-0.39, 0.29) is 0 Å². The summed E-state index contributed by atoms with van der Waals surface area (Å²) in [6.07, 6.45) is 3.18. The normalized spacial score (nSPS) is 23.6. The Bertz CT molecular complexity index is 502. The molecule has 1 heterocycles. The van der Waals surface area contributed by atoms with E-state index in [1.54, 1.807) is 0 Å². The molecule has 1 aromatic carbocycles. The summed E-state index contributed by atoms with van der Waals surface area (Å²) in [7, 11) is 0. The third kappa shape index (κ3) is 1.81. The summed E-state index contributed by atoms with van der Waals surface area (Å²) in [5, 5.41) is 4.80. The first-order chi connectivity index (χ1) is 7.84. The van der Waals surface area contributed by atoms with Crippen LogP contribution < -0.4 is 5.32 Å². The van der Waals surface area contributed by atoms with Crippen molar-refractivity contribution in [3.63, 3.8) is 0 Å². The molecular weight excluding hydrogens is 196 g/mol. The molecule has 2 atom stereocenters. The van der Waals surface area contributed by atoms with Gasteiger partial charge in [0.05, 0.1) is 5.52 Å². The van der Waals surface area contributed by atoms with Crippen molar-refractivity contribution in [3.8, 4) is 0 Å². The van der Waals surface area contributed by atoms with Gasteiger partial charge in [0.25, 0.3) is 0 Å². The minimum absolute atomic E-state index is 0.721. The Labute approximate surface area is 95.7 Å². The first-order valence-electron chi connectivity index (χ1n) is 5.90. The van der Waals surface area contributed by atoms with Gasteiger partial charge < -0.3 is 5.32 Å². The smallest absolute Gasteiger partial charge is 0.0746 e. The molecule has 16 heavy (non-hydrogen) atoms. The maximum Gasteiger partial charge on any atom is 0.0746 e. The zero-order valence-electron chi connectivity index (χ0n) is 9.48. The number of rotatable bonds is 3. The number of benzene rings is 1. The Balaban J connectivity index is 1.85. The second-order valence-electron chi connectivity index (χ2n) is 4.69. The fourth-order valence-corrected chi connectivity index (χ4v) is 2.16. The van der Waals surface area contributed by atoms with Gasteiger partial charge in [-0.15, -0.1) is 0 Å². The van der Waals surface area contributed by atoms with Crippen molar-refractivity contribution in [1.29, 1.82) is 0 Å². The van der Waals surface area contributed by atoms with Crippen molar-refractivity contribution in [3.05, 3.63) is 42.1 Å². The van der Waals surface area contributed by atoms with Crippen molar-refractivity contribution < 1.29 is 0 Å². The summed E-state index contributed by atoms with van der Waals surface area (Å²) < 4.78 is 0. The third-order valence-corrected chi connectivity index (χ3v) is 3.38. The van der Waals surface area contributed by atoms with Crippen LogP contribution in [-0.2, 0) is 6.54 Å². The summed E-state index contributed by atoms with van der Waals surface area (Å²) in [5.74, 6) is 0.850. The Morgan fingerprint density at radius 2 is 2.12 bits per heavy atom. The molecule has 3 rings (SSSR count). The Kier molecular flexibility index (Phi) is 2.37. The second kappa shape index (κ2) is 3.87. The van der Waals surface area contributed by atoms with Crippen LogP contribution in [0, 0.1) is 5.92 Å². The molecule has 82 valence electrons. The third-order valence-electron chi connectivity index (χ3n) is 3.38. The van der Waals surface area contributed by atoms with Crippen LogP contribution in [0.4, 0.5) is 0 Å². The van der Waals surface area contributed by atoms with Crippen LogP contribution in [0.15, 0.2) is 36.5 Å². The first kappa shape index (κ1) is 9.79. The number of fused-ring (bicyclic) bond motifs is 1. The van der Waals surface area contributed by atoms with Crippen molar-refractivity contribution in [2.75, 3.05) is 0 Å². The van der Waals surface area contributed by atoms with Crippen LogP contribution >= 0.6 is 0 Å². The fraction of sp³-hybridized carbons (Fsp3) is 0.357. The lowest BCUT2D eigenvalue weighted by atomic mass is 10.1. The lowest BCUT2D eigenvalue weighted by molar-refractivity contribution is 0.654. The van der Waals surface area contributed by atoms with E-state index in [1.165, 1.54) is 17.4 Å². The number of aromatic nitrogens is 1. The van der Waals surface area contributed by atoms with E-state index < -0.39 is 0 Å². The molecule has 0 spiro atoms. The molecule has 2 unspecified atom stereocenters. The SMILES string of the molecule is CC1CC1NCc1cccc2cccnc12. The van der Waals surface area contributed by atoms with E-state index in [0.717, 1.165) is 24.0 Å². The van der Waals surface area contributed by atoms with Crippen LogP contribution in [0.3, 0.4) is 0 Å². The molecule has 1 N–H and O–H groups in total. The summed E-state index contributed by atoms with van der Waals surface area (Å²) in [6, 6.07) is 11.2. The van der Waals surface area contributed by atoms with Gasteiger partial charge in [-0.1, -0.05) is 31.2 Å². The van der Waals surface area contributed by atoms with Crippen molar-refractivity contribution in [2.24, 2.45) is 5.92 Å². The quantitative estimate of drug-likeness (QED) is 0.846. The highest BCUT2D eigenvalue weighted by atomic mass is 15.0. The highest BCUT2D eigenvalue weighted by Crippen LogP contribution is 2.29. The summed E-state index contributed by atoms with van der Waals surface area (Å²) >= 11 is 0. The highest BCUT2D eigenvalue weighted by molar-refractivity contribution is 5.81. The van der Waals surface area contributed by atoms with Gasteiger partial charge in [0.1, 0.15) is 0 Å². The van der Waals surface area contributed by atoms with Crippen LogP contribution in [0.2, 0.25) is 0 Å². The van der Waals surface area contributed by atoms with Crippen LogP contribution in [0.5, 0.6) is 0 Å². The average Bonchev–Trinajstić information content (AvgIpc) is 3.03. The van der Waals surface area contributed by atoms with E-state index in [0.29, 0.717) is 0 Å². The predicted octanol–water partition coefficient (Wildman–Crippen LogP) is 2.73. The maximum absolute atomic E-state index is 4.46. The molecule has 0 bridgehead atoms. The number of nitrogens with one attached hydrogen (secondary N) is 1. The van der Waals surface area contributed by atoms with E-state index in [1.807, 2.05) is 12.3 Å². The van der Waals surface area contributed by atoms with Gasteiger partial charge in [-0.05, 0) is 24.0 Å². The van der Waals surface area contributed by atoms with Crippen LogP contribution in [0.25, 0.3) is 10.9 Å². The molecule has 2 nitrogen and oxygen atoms in total. The second-order valence-corrected chi connectivity index (χ2v) is 4.69. The molecule has 2 aromatic rings. The Hall–Kier alpha value is -1.41. The number of nitrogens with zero attached hydrogens (tertiary/aromatic N) is 1. The van der Waals surface area contributed by atoms with Gasteiger partial charge in [0, 0.05) is 24.2 Å². The monoisotopic (exact) mass is 212 g/mol. The van der Waals surface area contributed by atoms with Gasteiger partial charge in [0.15, 0.2) is 0 Å². The number of para-hydroxylation sites is 1. The molecule has 1 fully saturated rings. The van der Waals surface area contributed by atoms with Crippen LogP contribution in [-0.4, -0.2) is 11.0 Å². The largest absolute Gasteiger partial charge is 0.310 e. The minimum Gasteiger partial charge on any atom is -0.310 e. The van der Waals surface area contributed by atoms with Gasteiger partial charge >= 0.3 is 0 Å². The molecule has 0 amide bonds. The molecular formula is C14H16N2. The van der Waals surface area contributed by atoms with E-state index in [2.05, 4.69) is 41.5 Å². The van der Waals surface area contributed by atoms with Gasteiger partial charge in [0.2, 0.25) is 0 Å². The Morgan fingerprint density at radius 1 is 1.31 bits per heavy atom. The van der Waals surface area contributed by atoms with Crippen molar-refractivity contribution >= 4 is 10.9 Å². The molecule has 1 saturated carbocycles. The van der Waals surface area contributed by atoms with Gasteiger partial charge in [-0.25, -0.2) is 0 Å². The van der Waals surface area contributed by atoms with Crippen molar-refractivity contribution in [2.45, 2.75) is 25.9 Å². The molecule has 1 aliphatic rings. The molecule has 1 aromatic heterocycles. The maximum atomic E-state index is 4.46. The molecule has 0 saturated heterocycles. The lowest BCUT2D eigenvalue weighted by Crippen LogP contribution is -2.17. The van der Waals surface area contributed by atoms with Crippen molar-refractivity contribution in [1.82, 2.24) is 10.3 Å². The summed E-state index contributed by atoms with van der Waals surface area (Å²) in [4.78, 5) is 4.46. The lowest BCUT2D eigenvalue weighted by Gasteiger charge is -2.06. The average molecular weight is 212 g/mol. The molecule has 1 aliphatic carbocycles. The Morgan fingerprint density at radius 3 is 2.94 bits per heavy atom. The van der Waals surface area contributed by atoms with Gasteiger partial charge in [-0.3, -0.25) is 4.98 Å². The first-order valence-corrected chi connectivity index (χ1v) is 5.90. The minimum atomic E-state index is 0.721. The van der Waals surface area contributed by atoms with E-state index in [9.17, 15) is 0 Å². The molecule has 0 aliphatic heterocycles. The van der Waals surface area contributed by atoms with E-state index in [4.69, 9.17) is 0 Å². The number of hydrogen-bond donors (Lipinski definition) is 1. The summed E-state index contributed by atoms with van der Waals surface area (Å²) in [5.41, 5.74) is 2.43. The molecule has 2 heteroatoms. The number of hydrogen-bond acceptors (Lipinski definition) is 2. The standard InChI is InChI=1S/C14H16N2/c1-10-8-13(10)16-9-12-5-2-4-11-6-3-7-15-14(11)12/h2-7,10,13,16H,8-9H2,1H3. The van der Waals surface area contributed by atoms with Gasteiger partial charge in [-0.2, -0.15) is 0 Å². The van der Waals surface area contributed by atoms with E-state index >= 15 is 0 Å². The van der Waals surface area contributed by atoms with Crippen LogP contribution in [0.1, 0.15) is 18.9 Å².